The average molecular weight is 305 g/mol. The van der Waals surface area contributed by atoms with E-state index in [1.54, 1.807) is 0 Å². The van der Waals surface area contributed by atoms with Crippen molar-refractivity contribution in [3.05, 3.63) is 0 Å². The summed E-state index contributed by atoms with van der Waals surface area (Å²) >= 11 is 0. The summed E-state index contributed by atoms with van der Waals surface area (Å²) in [4.78, 5) is 0. The van der Waals surface area contributed by atoms with E-state index < -0.39 is 0 Å². The van der Waals surface area contributed by atoms with Gasteiger partial charge in [-0.3, -0.25) is 0 Å². The topological polar surface area (TPSA) is 20.2 Å². The highest BCUT2D eigenvalue weighted by Crippen LogP contribution is 2.67. The Balaban J connectivity index is 1.62. The van der Waals surface area contributed by atoms with Crippen LogP contribution in [0.5, 0.6) is 0 Å². The molecular weight excluding hydrogens is 268 g/mol. The van der Waals surface area contributed by atoms with Gasteiger partial charge in [-0.15, -0.1) is 0 Å². The van der Waals surface area contributed by atoms with E-state index in [0.717, 1.165) is 42.4 Å². The van der Waals surface area contributed by atoms with Crippen molar-refractivity contribution in [3.63, 3.8) is 0 Å². The molecule has 0 aliphatic heterocycles. The smallest absolute Gasteiger partial charge is 0.0622 e. The number of hydrogen-bond donors (Lipinski definition) is 1. The molecule has 1 heteroatoms. The number of aliphatic hydroxyl groups is 1. The SMILES string of the molecule is CC1CC[C@H]2C3CC[C@H]4C[C@@](C)(O)CC[C@]4(C)[C@H]3CC[C@]12C. The van der Waals surface area contributed by atoms with Crippen LogP contribution in [0.3, 0.4) is 0 Å². The number of fused-ring (bicyclic) bond motifs is 5. The Morgan fingerprint density at radius 1 is 0.773 bits per heavy atom. The van der Waals surface area contributed by atoms with Crippen LogP contribution < -0.4 is 0 Å². The highest BCUT2D eigenvalue weighted by Gasteiger charge is 2.60. The van der Waals surface area contributed by atoms with Gasteiger partial charge in [-0.25, -0.2) is 0 Å². The van der Waals surface area contributed by atoms with Crippen molar-refractivity contribution >= 4 is 0 Å². The summed E-state index contributed by atoms with van der Waals surface area (Å²) in [5.74, 6) is 4.66. The van der Waals surface area contributed by atoms with Gasteiger partial charge in [-0.05, 0) is 105 Å². The molecule has 4 fully saturated rings. The second-order valence-electron chi connectivity index (χ2n) is 10.4. The molecule has 1 N–H and O–H groups in total. The molecule has 0 spiro atoms. The normalized spacial score (nSPS) is 61.2. The zero-order chi connectivity index (χ0) is 15.8. The molecule has 0 radical (unpaired) electrons. The second kappa shape index (κ2) is 4.74. The zero-order valence-electron chi connectivity index (χ0n) is 15.2. The Morgan fingerprint density at radius 2 is 1.50 bits per heavy atom. The fourth-order valence-corrected chi connectivity index (χ4v) is 7.69. The predicted octanol–water partition coefficient (Wildman–Crippen LogP) is 5.42. The van der Waals surface area contributed by atoms with Crippen LogP contribution in [-0.2, 0) is 0 Å². The van der Waals surface area contributed by atoms with Gasteiger partial charge in [-0.1, -0.05) is 20.8 Å². The Labute approximate surface area is 137 Å². The van der Waals surface area contributed by atoms with Gasteiger partial charge in [0.2, 0.25) is 0 Å². The van der Waals surface area contributed by atoms with Gasteiger partial charge < -0.3 is 5.11 Å². The minimum absolute atomic E-state index is 0.387. The molecule has 8 atom stereocenters. The summed E-state index contributed by atoms with van der Waals surface area (Å²) in [7, 11) is 0. The van der Waals surface area contributed by atoms with Crippen molar-refractivity contribution in [1.82, 2.24) is 0 Å². The number of hydrogen-bond acceptors (Lipinski definition) is 1. The fraction of sp³-hybridized carbons (Fsp3) is 1.00. The summed E-state index contributed by atoms with van der Waals surface area (Å²) in [5, 5.41) is 10.5. The summed E-state index contributed by atoms with van der Waals surface area (Å²) in [6.07, 6.45) is 12.1. The van der Waals surface area contributed by atoms with E-state index in [2.05, 4.69) is 27.7 Å². The van der Waals surface area contributed by atoms with Gasteiger partial charge in [0.25, 0.3) is 0 Å². The first-order chi connectivity index (χ1) is 10.3. The predicted molar refractivity (Wildman–Crippen MR) is 91.5 cm³/mol. The maximum Gasteiger partial charge on any atom is 0.0622 e. The molecule has 0 amide bonds. The monoisotopic (exact) mass is 304 g/mol. The van der Waals surface area contributed by atoms with Crippen molar-refractivity contribution in [2.75, 3.05) is 0 Å². The van der Waals surface area contributed by atoms with E-state index in [-0.39, 0.29) is 5.60 Å². The molecule has 1 nitrogen and oxygen atoms in total. The fourth-order valence-electron chi connectivity index (χ4n) is 7.69. The molecule has 0 bridgehead atoms. The lowest BCUT2D eigenvalue weighted by Gasteiger charge is -2.61. The average Bonchev–Trinajstić information content (AvgIpc) is 2.76. The molecule has 22 heavy (non-hydrogen) atoms. The van der Waals surface area contributed by atoms with Crippen molar-refractivity contribution in [1.29, 1.82) is 0 Å². The highest BCUT2D eigenvalue weighted by atomic mass is 16.3. The molecule has 0 heterocycles. The molecule has 0 aromatic carbocycles. The van der Waals surface area contributed by atoms with Gasteiger partial charge in [0.05, 0.1) is 5.60 Å². The van der Waals surface area contributed by atoms with E-state index in [4.69, 9.17) is 0 Å². The summed E-state index contributed by atoms with van der Waals surface area (Å²) in [5.41, 5.74) is 0.783. The maximum atomic E-state index is 10.5. The van der Waals surface area contributed by atoms with Crippen LogP contribution in [0.25, 0.3) is 0 Å². The third kappa shape index (κ3) is 2.00. The van der Waals surface area contributed by atoms with Gasteiger partial charge >= 0.3 is 0 Å². The minimum atomic E-state index is -0.387. The van der Waals surface area contributed by atoms with Crippen LogP contribution in [0.4, 0.5) is 0 Å². The van der Waals surface area contributed by atoms with E-state index in [0.29, 0.717) is 10.8 Å². The van der Waals surface area contributed by atoms with Crippen molar-refractivity contribution in [2.24, 2.45) is 40.4 Å². The standard InChI is InChI=1S/C21H36O/c1-14-5-8-17-16-7-6-15-13-19(2,22)11-12-21(15,4)18(16)9-10-20(14,17)3/h14-18,22H,5-13H2,1-4H3/t14?,15-,16?,17-,18-,19-,20+,21-/m0/s1. The quantitative estimate of drug-likeness (QED) is 0.634. The van der Waals surface area contributed by atoms with Crippen LogP contribution in [-0.4, -0.2) is 10.7 Å². The van der Waals surface area contributed by atoms with Gasteiger partial charge in [0.15, 0.2) is 0 Å². The van der Waals surface area contributed by atoms with E-state index in [9.17, 15) is 5.11 Å². The van der Waals surface area contributed by atoms with Crippen molar-refractivity contribution < 1.29 is 5.11 Å². The lowest BCUT2D eigenvalue weighted by Crippen LogP contribution is -2.55. The van der Waals surface area contributed by atoms with Gasteiger partial charge in [0, 0.05) is 0 Å². The molecular formula is C21H36O. The Hall–Kier alpha value is -0.0400. The van der Waals surface area contributed by atoms with Gasteiger partial charge in [0.1, 0.15) is 0 Å². The molecule has 2 unspecified atom stereocenters. The first kappa shape index (κ1) is 15.5. The Morgan fingerprint density at radius 3 is 2.27 bits per heavy atom. The van der Waals surface area contributed by atoms with Gasteiger partial charge in [-0.2, -0.15) is 0 Å². The van der Waals surface area contributed by atoms with Crippen LogP contribution in [0.2, 0.25) is 0 Å². The highest BCUT2D eigenvalue weighted by molar-refractivity contribution is 5.09. The Kier molecular flexibility index (Phi) is 3.34. The van der Waals surface area contributed by atoms with Crippen molar-refractivity contribution in [2.45, 2.75) is 91.1 Å². The molecule has 0 saturated heterocycles. The van der Waals surface area contributed by atoms with E-state index in [1.165, 1.54) is 44.9 Å². The third-order valence-corrected chi connectivity index (χ3v) is 9.43. The van der Waals surface area contributed by atoms with E-state index >= 15 is 0 Å². The first-order valence-electron chi connectivity index (χ1n) is 9.99. The second-order valence-corrected chi connectivity index (χ2v) is 10.4. The molecule has 4 aliphatic carbocycles. The first-order valence-corrected chi connectivity index (χ1v) is 9.99. The van der Waals surface area contributed by atoms with Crippen LogP contribution in [0.1, 0.15) is 85.5 Å². The van der Waals surface area contributed by atoms with E-state index in [1.807, 2.05) is 0 Å². The van der Waals surface area contributed by atoms with Crippen molar-refractivity contribution in [3.8, 4) is 0 Å². The largest absolute Gasteiger partial charge is 0.390 e. The van der Waals surface area contributed by atoms with Crippen LogP contribution in [0.15, 0.2) is 0 Å². The van der Waals surface area contributed by atoms with Crippen LogP contribution in [0, 0.1) is 40.4 Å². The summed E-state index contributed by atoms with van der Waals surface area (Å²) < 4.78 is 0. The summed E-state index contributed by atoms with van der Waals surface area (Å²) in [6.45, 7) is 9.82. The minimum Gasteiger partial charge on any atom is -0.390 e. The maximum absolute atomic E-state index is 10.5. The molecule has 4 saturated carbocycles. The zero-order valence-corrected chi connectivity index (χ0v) is 15.2. The molecule has 4 aliphatic rings. The molecule has 4 rings (SSSR count). The molecule has 0 aromatic heterocycles. The molecule has 0 aromatic rings. The summed E-state index contributed by atoms with van der Waals surface area (Å²) in [6, 6.07) is 0. The lowest BCUT2D eigenvalue weighted by molar-refractivity contribution is -0.145. The molecule has 126 valence electrons. The van der Waals surface area contributed by atoms with Crippen LogP contribution >= 0.6 is 0 Å². The lowest BCUT2D eigenvalue weighted by atomic mass is 9.44. The number of rotatable bonds is 0. The Bertz CT molecular complexity index is 455. The third-order valence-electron chi connectivity index (χ3n) is 9.43.